The van der Waals surface area contributed by atoms with E-state index in [4.69, 9.17) is 4.74 Å². The molecule has 2 aliphatic rings. The molecule has 120 valence electrons. The van der Waals surface area contributed by atoms with Gasteiger partial charge in [0.25, 0.3) is 0 Å². The molecule has 7 nitrogen and oxygen atoms in total. The van der Waals surface area contributed by atoms with E-state index in [1.54, 1.807) is 0 Å². The second-order valence-electron chi connectivity index (χ2n) is 5.79. The molecule has 0 aliphatic carbocycles. The van der Waals surface area contributed by atoms with Crippen molar-refractivity contribution in [1.29, 1.82) is 0 Å². The predicted octanol–water partition coefficient (Wildman–Crippen LogP) is -1.31. The van der Waals surface area contributed by atoms with E-state index in [0.29, 0.717) is 19.5 Å². The second-order valence-corrected chi connectivity index (χ2v) is 5.79. The van der Waals surface area contributed by atoms with Gasteiger partial charge in [-0.05, 0) is 26.3 Å². The number of hydrogen-bond acceptors (Lipinski definition) is 5. The molecule has 0 saturated carbocycles. The summed E-state index contributed by atoms with van der Waals surface area (Å²) in [6, 6.07) is -0.390. The smallest absolute Gasteiger partial charge is 0.242 e. The zero-order chi connectivity index (χ0) is 15.1. The van der Waals surface area contributed by atoms with Crippen LogP contribution in [0.25, 0.3) is 0 Å². The third-order valence-electron chi connectivity index (χ3n) is 3.87. The number of likely N-dealkylation sites (N-methyl/N-ethyl adjacent to an activating group) is 1. The lowest BCUT2D eigenvalue weighted by molar-refractivity contribution is -0.128. The largest absolute Gasteiger partial charge is 0.374 e. The van der Waals surface area contributed by atoms with Crippen LogP contribution in [0.5, 0.6) is 0 Å². The topological polar surface area (TPSA) is 82.7 Å². The van der Waals surface area contributed by atoms with Crippen molar-refractivity contribution in [2.24, 2.45) is 0 Å². The summed E-state index contributed by atoms with van der Waals surface area (Å²) in [5, 5.41) is 8.70. The summed E-state index contributed by atoms with van der Waals surface area (Å²) in [6.45, 7) is 4.13. The van der Waals surface area contributed by atoms with Crippen molar-refractivity contribution in [3.05, 3.63) is 0 Å². The van der Waals surface area contributed by atoms with Crippen molar-refractivity contribution in [1.82, 2.24) is 20.9 Å². The fourth-order valence-corrected chi connectivity index (χ4v) is 2.66. The molecule has 0 unspecified atom stereocenters. The first-order valence-electron chi connectivity index (χ1n) is 7.73. The maximum Gasteiger partial charge on any atom is 0.242 e. The summed E-state index contributed by atoms with van der Waals surface area (Å²) in [4.78, 5) is 25.8. The van der Waals surface area contributed by atoms with Gasteiger partial charge in [-0.3, -0.25) is 9.59 Å². The number of morpholine rings is 1. The van der Waals surface area contributed by atoms with E-state index in [2.05, 4.69) is 27.9 Å². The molecular weight excluding hydrogens is 272 g/mol. The van der Waals surface area contributed by atoms with E-state index >= 15 is 0 Å². The molecule has 2 fully saturated rings. The molecule has 2 rings (SSSR count). The highest BCUT2D eigenvalue weighted by atomic mass is 16.5. The van der Waals surface area contributed by atoms with Crippen molar-refractivity contribution < 1.29 is 14.3 Å². The van der Waals surface area contributed by atoms with Crippen LogP contribution in [-0.2, 0) is 14.3 Å². The standard InChI is InChI=1S/C14H26N4O3/c1-18-6-7-21-11(10-18)8-15-9-13(19)17-12-4-2-3-5-16-14(12)20/h11-12,15H,2-10H2,1H3,(H,16,20)(H,17,19)/t11-,12-/m1/s1. The molecule has 21 heavy (non-hydrogen) atoms. The van der Waals surface area contributed by atoms with E-state index in [1.165, 1.54) is 0 Å². The number of nitrogens with one attached hydrogen (secondary N) is 3. The van der Waals surface area contributed by atoms with Crippen LogP contribution in [0.15, 0.2) is 0 Å². The molecule has 2 amide bonds. The Labute approximate surface area is 125 Å². The quantitative estimate of drug-likeness (QED) is 0.587. The minimum absolute atomic E-state index is 0.0712. The lowest BCUT2D eigenvalue weighted by Crippen LogP contribution is -2.50. The molecule has 0 aromatic heterocycles. The fourth-order valence-electron chi connectivity index (χ4n) is 2.66. The van der Waals surface area contributed by atoms with E-state index < -0.39 is 0 Å². The summed E-state index contributed by atoms with van der Waals surface area (Å²) in [5.74, 6) is -0.209. The molecule has 0 radical (unpaired) electrons. The van der Waals surface area contributed by atoms with Gasteiger partial charge in [-0.2, -0.15) is 0 Å². The van der Waals surface area contributed by atoms with Gasteiger partial charge >= 0.3 is 0 Å². The van der Waals surface area contributed by atoms with E-state index in [9.17, 15) is 9.59 Å². The Bertz CT molecular complexity index is 364. The van der Waals surface area contributed by atoms with Crippen LogP contribution in [0.2, 0.25) is 0 Å². The molecule has 0 aromatic rings. The minimum Gasteiger partial charge on any atom is -0.374 e. The summed E-state index contributed by atoms with van der Waals surface area (Å²) in [5.41, 5.74) is 0. The van der Waals surface area contributed by atoms with Crippen LogP contribution in [0, 0.1) is 0 Å². The van der Waals surface area contributed by atoms with Gasteiger partial charge < -0.3 is 25.6 Å². The predicted molar refractivity (Wildman–Crippen MR) is 78.9 cm³/mol. The maximum absolute atomic E-state index is 11.9. The second kappa shape index (κ2) is 8.31. The molecule has 0 aromatic carbocycles. The molecule has 0 spiro atoms. The molecule has 2 heterocycles. The van der Waals surface area contributed by atoms with Gasteiger partial charge in [-0.15, -0.1) is 0 Å². The highest BCUT2D eigenvalue weighted by Crippen LogP contribution is 2.05. The van der Waals surface area contributed by atoms with Crippen LogP contribution in [0.4, 0.5) is 0 Å². The fraction of sp³-hybridized carbons (Fsp3) is 0.857. The van der Waals surface area contributed by atoms with Crippen molar-refractivity contribution in [3.8, 4) is 0 Å². The molecule has 7 heteroatoms. The zero-order valence-electron chi connectivity index (χ0n) is 12.7. The number of hydrogen-bond donors (Lipinski definition) is 3. The number of carbonyl (C=O) groups is 2. The summed E-state index contributed by atoms with van der Waals surface area (Å²) in [6.07, 6.45) is 2.77. The first kappa shape index (κ1) is 16.2. The van der Waals surface area contributed by atoms with Crippen LogP contribution in [0.3, 0.4) is 0 Å². The monoisotopic (exact) mass is 298 g/mol. The van der Waals surface area contributed by atoms with Crippen molar-refractivity contribution in [3.63, 3.8) is 0 Å². The summed E-state index contributed by atoms with van der Waals surface area (Å²) < 4.78 is 5.61. The number of rotatable bonds is 5. The Morgan fingerprint density at radius 2 is 2.33 bits per heavy atom. The number of amides is 2. The Kier molecular flexibility index (Phi) is 6.41. The minimum atomic E-state index is -0.390. The number of nitrogens with zero attached hydrogens (tertiary/aromatic N) is 1. The molecule has 2 saturated heterocycles. The Morgan fingerprint density at radius 1 is 1.48 bits per heavy atom. The van der Waals surface area contributed by atoms with Crippen LogP contribution in [0.1, 0.15) is 19.3 Å². The van der Waals surface area contributed by atoms with Crippen molar-refractivity contribution >= 4 is 11.8 Å². The Morgan fingerprint density at radius 3 is 3.14 bits per heavy atom. The van der Waals surface area contributed by atoms with Crippen LogP contribution < -0.4 is 16.0 Å². The molecule has 0 bridgehead atoms. The van der Waals surface area contributed by atoms with Gasteiger partial charge in [0.05, 0.1) is 19.3 Å². The van der Waals surface area contributed by atoms with E-state index in [0.717, 1.165) is 32.5 Å². The van der Waals surface area contributed by atoms with Gasteiger partial charge in [-0.25, -0.2) is 0 Å². The van der Waals surface area contributed by atoms with Gasteiger partial charge in [-0.1, -0.05) is 0 Å². The van der Waals surface area contributed by atoms with E-state index in [1.807, 2.05) is 0 Å². The molecule has 2 aliphatic heterocycles. The first-order valence-corrected chi connectivity index (χ1v) is 7.73. The summed E-state index contributed by atoms with van der Waals surface area (Å²) in [7, 11) is 2.06. The summed E-state index contributed by atoms with van der Waals surface area (Å²) >= 11 is 0. The van der Waals surface area contributed by atoms with Gasteiger partial charge in [0, 0.05) is 26.2 Å². The number of ether oxygens (including phenoxy) is 1. The van der Waals surface area contributed by atoms with Crippen LogP contribution >= 0.6 is 0 Å². The molecule has 2 atom stereocenters. The third-order valence-corrected chi connectivity index (χ3v) is 3.87. The van der Waals surface area contributed by atoms with E-state index in [-0.39, 0.29) is 30.5 Å². The number of carbonyl (C=O) groups excluding carboxylic acids is 2. The zero-order valence-corrected chi connectivity index (χ0v) is 12.7. The molecule has 3 N–H and O–H groups in total. The average Bonchev–Trinajstić information content (AvgIpc) is 2.64. The first-order chi connectivity index (χ1) is 10.1. The third kappa shape index (κ3) is 5.61. The highest BCUT2D eigenvalue weighted by Gasteiger charge is 2.22. The SMILES string of the molecule is CN1CCO[C@H](CNCC(=O)N[C@@H]2CCCCNC2=O)C1. The van der Waals surface area contributed by atoms with Crippen LogP contribution in [-0.4, -0.2) is 75.2 Å². The Balaban J connectivity index is 1.63. The molecular formula is C14H26N4O3. The lowest BCUT2D eigenvalue weighted by atomic mass is 10.1. The van der Waals surface area contributed by atoms with Crippen molar-refractivity contribution in [2.45, 2.75) is 31.4 Å². The normalized spacial score (nSPS) is 27.8. The highest BCUT2D eigenvalue weighted by molar-refractivity contribution is 5.88. The van der Waals surface area contributed by atoms with Gasteiger partial charge in [0.15, 0.2) is 0 Å². The van der Waals surface area contributed by atoms with Gasteiger partial charge in [0.2, 0.25) is 11.8 Å². The average molecular weight is 298 g/mol. The van der Waals surface area contributed by atoms with Gasteiger partial charge in [0.1, 0.15) is 6.04 Å². The Hall–Kier alpha value is -1.18. The lowest BCUT2D eigenvalue weighted by Gasteiger charge is -2.30. The maximum atomic E-state index is 11.9. The van der Waals surface area contributed by atoms with Crippen molar-refractivity contribution in [2.75, 3.05) is 46.4 Å².